The van der Waals surface area contributed by atoms with Gasteiger partial charge in [-0.05, 0) is 11.5 Å². The Labute approximate surface area is 86.8 Å². The molecule has 0 unspecified atom stereocenters. The molecule has 0 fully saturated rings. The first-order chi connectivity index (χ1) is 6.83. The van der Waals surface area contributed by atoms with Gasteiger partial charge in [0, 0.05) is 5.92 Å². The number of aliphatic hydroxyl groups is 1. The molecular formula is C13H20O. The number of benzene rings is 1. The Morgan fingerprint density at radius 3 is 2.07 bits per heavy atom. The van der Waals surface area contributed by atoms with Crippen LogP contribution in [-0.4, -0.2) is 11.7 Å². The lowest BCUT2D eigenvalue weighted by Crippen LogP contribution is -2.15. The number of hydrogen-bond donors (Lipinski definition) is 1. The van der Waals surface area contributed by atoms with Gasteiger partial charge >= 0.3 is 0 Å². The van der Waals surface area contributed by atoms with Gasteiger partial charge in [-0.2, -0.15) is 0 Å². The Morgan fingerprint density at radius 2 is 1.64 bits per heavy atom. The van der Waals surface area contributed by atoms with E-state index in [1.54, 1.807) is 0 Å². The van der Waals surface area contributed by atoms with Gasteiger partial charge in [0.1, 0.15) is 0 Å². The lowest BCUT2D eigenvalue weighted by Gasteiger charge is -2.23. The molecule has 1 rings (SSSR count). The molecule has 0 bridgehead atoms. The van der Waals surface area contributed by atoms with Crippen molar-refractivity contribution in [3.63, 3.8) is 0 Å². The normalized spacial score (nSPS) is 13.1. The van der Waals surface area contributed by atoms with Gasteiger partial charge in [0.2, 0.25) is 0 Å². The van der Waals surface area contributed by atoms with Gasteiger partial charge in [-0.15, -0.1) is 0 Å². The quantitative estimate of drug-likeness (QED) is 0.759. The van der Waals surface area contributed by atoms with E-state index in [2.05, 4.69) is 26.0 Å². The highest BCUT2D eigenvalue weighted by Crippen LogP contribution is 2.28. The van der Waals surface area contributed by atoms with E-state index < -0.39 is 0 Å². The summed E-state index contributed by atoms with van der Waals surface area (Å²) in [5, 5.41) is 9.41. The number of aliphatic hydroxyl groups excluding tert-OH is 1. The first-order valence-corrected chi connectivity index (χ1v) is 5.49. The second kappa shape index (κ2) is 5.82. The van der Waals surface area contributed by atoms with Crippen LogP contribution in [0.4, 0.5) is 0 Å². The largest absolute Gasteiger partial charge is 0.396 e. The Balaban J connectivity index is 2.81. The van der Waals surface area contributed by atoms with Crippen LogP contribution >= 0.6 is 0 Å². The average Bonchev–Trinajstić information content (AvgIpc) is 2.27. The fourth-order valence-corrected chi connectivity index (χ4v) is 2.08. The molecule has 0 aliphatic heterocycles. The maximum absolute atomic E-state index is 9.41. The van der Waals surface area contributed by atoms with Crippen molar-refractivity contribution in [3.05, 3.63) is 35.9 Å². The van der Waals surface area contributed by atoms with Gasteiger partial charge in [0.25, 0.3) is 0 Å². The standard InChI is InChI=1S/C13H20O/c1-3-11(4-2)13(10-14)12-8-6-5-7-9-12/h5-9,11,13-14H,3-4,10H2,1-2H3/t13-/m0/s1. The van der Waals surface area contributed by atoms with Gasteiger partial charge in [0.05, 0.1) is 6.61 Å². The van der Waals surface area contributed by atoms with Crippen molar-refractivity contribution in [2.45, 2.75) is 32.6 Å². The fraction of sp³-hybridized carbons (Fsp3) is 0.538. The van der Waals surface area contributed by atoms with E-state index in [0.717, 1.165) is 12.8 Å². The summed E-state index contributed by atoms with van der Waals surface area (Å²) in [6.45, 7) is 4.65. The van der Waals surface area contributed by atoms with E-state index in [9.17, 15) is 5.11 Å². The van der Waals surface area contributed by atoms with E-state index in [1.807, 2.05) is 18.2 Å². The highest BCUT2D eigenvalue weighted by atomic mass is 16.3. The van der Waals surface area contributed by atoms with E-state index in [4.69, 9.17) is 0 Å². The van der Waals surface area contributed by atoms with Gasteiger partial charge in [-0.3, -0.25) is 0 Å². The molecule has 1 aromatic rings. The van der Waals surface area contributed by atoms with E-state index in [0.29, 0.717) is 11.8 Å². The molecule has 0 amide bonds. The molecular weight excluding hydrogens is 172 g/mol. The van der Waals surface area contributed by atoms with Gasteiger partial charge in [0.15, 0.2) is 0 Å². The lowest BCUT2D eigenvalue weighted by atomic mass is 9.83. The molecule has 0 aliphatic rings. The van der Waals surface area contributed by atoms with Gasteiger partial charge in [-0.1, -0.05) is 57.0 Å². The predicted molar refractivity (Wildman–Crippen MR) is 60.3 cm³/mol. The summed E-state index contributed by atoms with van der Waals surface area (Å²) < 4.78 is 0. The van der Waals surface area contributed by atoms with Crippen LogP contribution in [0, 0.1) is 5.92 Å². The number of hydrogen-bond acceptors (Lipinski definition) is 1. The minimum absolute atomic E-state index is 0.260. The Morgan fingerprint density at radius 1 is 1.07 bits per heavy atom. The van der Waals surface area contributed by atoms with Crippen LogP contribution in [-0.2, 0) is 0 Å². The topological polar surface area (TPSA) is 20.2 Å². The molecule has 0 heterocycles. The zero-order chi connectivity index (χ0) is 10.4. The maximum Gasteiger partial charge on any atom is 0.0502 e. The van der Waals surface area contributed by atoms with Crippen LogP contribution in [0.5, 0.6) is 0 Å². The van der Waals surface area contributed by atoms with Crippen LogP contribution in [0.2, 0.25) is 0 Å². The highest BCUT2D eigenvalue weighted by molar-refractivity contribution is 5.20. The number of rotatable bonds is 5. The highest BCUT2D eigenvalue weighted by Gasteiger charge is 2.18. The summed E-state index contributed by atoms with van der Waals surface area (Å²) in [5.74, 6) is 0.911. The first kappa shape index (κ1) is 11.3. The van der Waals surface area contributed by atoms with Crippen LogP contribution in [0.25, 0.3) is 0 Å². The molecule has 0 radical (unpaired) electrons. The molecule has 1 nitrogen and oxygen atoms in total. The van der Waals surface area contributed by atoms with E-state index in [-0.39, 0.29) is 6.61 Å². The Hall–Kier alpha value is -0.820. The third-order valence-electron chi connectivity index (χ3n) is 3.04. The molecule has 78 valence electrons. The van der Waals surface area contributed by atoms with Crippen LogP contribution in [0.3, 0.4) is 0 Å². The van der Waals surface area contributed by atoms with Crippen molar-refractivity contribution in [2.75, 3.05) is 6.61 Å². The smallest absolute Gasteiger partial charge is 0.0502 e. The lowest BCUT2D eigenvalue weighted by molar-refractivity contribution is 0.218. The second-order valence-electron chi connectivity index (χ2n) is 3.78. The molecule has 0 aliphatic carbocycles. The van der Waals surface area contributed by atoms with Crippen molar-refractivity contribution in [3.8, 4) is 0 Å². The zero-order valence-corrected chi connectivity index (χ0v) is 9.11. The van der Waals surface area contributed by atoms with Crippen molar-refractivity contribution in [1.29, 1.82) is 0 Å². The van der Waals surface area contributed by atoms with Gasteiger partial charge < -0.3 is 5.11 Å². The van der Waals surface area contributed by atoms with Crippen LogP contribution in [0.15, 0.2) is 30.3 Å². The fourth-order valence-electron chi connectivity index (χ4n) is 2.08. The summed E-state index contributed by atoms with van der Waals surface area (Å²) in [5.41, 5.74) is 1.27. The minimum Gasteiger partial charge on any atom is -0.396 e. The predicted octanol–water partition coefficient (Wildman–Crippen LogP) is 3.20. The molecule has 0 saturated carbocycles. The molecule has 0 spiro atoms. The monoisotopic (exact) mass is 192 g/mol. The van der Waals surface area contributed by atoms with E-state index in [1.165, 1.54) is 5.56 Å². The van der Waals surface area contributed by atoms with Crippen molar-refractivity contribution >= 4 is 0 Å². The minimum atomic E-state index is 0.260. The van der Waals surface area contributed by atoms with Gasteiger partial charge in [-0.25, -0.2) is 0 Å². The summed E-state index contributed by atoms with van der Waals surface area (Å²) >= 11 is 0. The zero-order valence-electron chi connectivity index (χ0n) is 9.11. The average molecular weight is 192 g/mol. The molecule has 0 saturated heterocycles. The summed E-state index contributed by atoms with van der Waals surface area (Å²) in [7, 11) is 0. The van der Waals surface area contributed by atoms with Crippen LogP contribution in [0.1, 0.15) is 38.2 Å². The van der Waals surface area contributed by atoms with Crippen molar-refractivity contribution < 1.29 is 5.11 Å². The molecule has 14 heavy (non-hydrogen) atoms. The Kier molecular flexibility index (Phi) is 4.68. The van der Waals surface area contributed by atoms with Crippen molar-refractivity contribution in [1.82, 2.24) is 0 Å². The first-order valence-electron chi connectivity index (χ1n) is 5.49. The van der Waals surface area contributed by atoms with Crippen LogP contribution < -0.4 is 0 Å². The van der Waals surface area contributed by atoms with E-state index >= 15 is 0 Å². The SMILES string of the molecule is CCC(CC)[C@H](CO)c1ccccc1. The molecule has 1 heteroatoms. The van der Waals surface area contributed by atoms with Crippen molar-refractivity contribution in [2.24, 2.45) is 5.92 Å². The summed E-state index contributed by atoms with van der Waals surface area (Å²) in [6.07, 6.45) is 2.27. The maximum atomic E-state index is 9.41. The third kappa shape index (κ3) is 2.58. The Bertz CT molecular complexity index is 239. The summed E-state index contributed by atoms with van der Waals surface area (Å²) in [4.78, 5) is 0. The molecule has 1 aromatic carbocycles. The molecule has 0 aromatic heterocycles. The second-order valence-corrected chi connectivity index (χ2v) is 3.78. The summed E-state index contributed by atoms with van der Waals surface area (Å²) in [6, 6.07) is 10.3. The third-order valence-corrected chi connectivity index (χ3v) is 3.04. The molecule has 1 atom stereocenters. The molecule has 1 N–H and O–H groups in total.